The molecule has 0 saturated carbocycles. The summed E-state index contributed by atoms with van der Waals surface area (Å²) in [6.07, 6.45) is 12.6. The molecule has 142 valence electrons. The van der Waals surface area contributed by atoms with E-state index in [0.29, 0.717) is 25.7 Å². The van der Waals surface area contributed by atoms with Crippen LogP contribution in [0.5, 0.6) is 0 Å². The van der Waals surface area contributed by atoms with Gasteiger partial charge < -0.3 is 15.0 Å². The summed E-state index contributed by atoms with van der Waals surface area (Å²) in [5.41, 5.74) is 0. The third kappa shape index (κ3) is 12.3. The third-order valence-corrected chi connectivity index (χ3v) is 4.12. The molecular weight excluding hydrogens is 320 g/mol. The lowest BCUT2D eigenvalue weighted by molar-refractivity contribution is -0.137. The number of aliphatic hydroxyl groups excluding tert-OH is 1. The average molecular weight is 352 g/mol. The Balaban J connectivity index is 4.53. The molecule has 0 radical (unpaired) electrons. The molecule has 0 spiro atoms. The minimum Gasteiger partial charge on any atom is -0.481 e. The molecule has 0 rings (SSSR count). The highest BCUT2D eigenvalue weighted by Gasteiger charge is 2.22. The second kappa shape index (κ2) is 14.6. The molecule has 0 aromatic rings. The molecule has 5 nitrogen and oxygen atoms in total. The van der Waals surface area contributed by atoms with Gasteiger partial charge in [0.25, 0.3) is 0 Å². The summed E-state index contributed by atoms with van der Waals surface area (Å²) in [5.74, 6) is -1.90. The number of Topliss-reactive ketones (excluding diaryl/α,β-unsaturated/α-hetero) is 1. The Hall–Kier alpha value is -1.75. The number of unbranched alkanes of at least 4 members (excludes halogenated alkanes) is 3. The van der Waals surface area contributed by atoms with E-state index in [1.807, 2.05) is 12.2 Å². The first-order valence-corrected chi connectivity index (χ1v) is 9.11. The molecule has 0 aromatic heterocycles. The largest absolute Gasteiger partial charge is 0.481 e. The number of carboxylic acids is 1. The average Bonchev–Trinajstić information content (AvgIpc) is 2.55. The fourth-order valence-corrected chi connectivity index (χ4v) is 2.56. The first kappa shape index (κ1) is 23.2. The van der Waals surface area contributed by atoms with Gasteiger partial charge in [-0.3, -0.25) is 9.59 Å². The Morgan fingerprint density at radius 2 is 1.80 bits per heavy atom. The van der Waals surface area contributed by atoms with E-state index >= 15 is 0 Å². The molecule has 5 heteroatoms. The van der Waals surface area contributed by atoms with Crippen LogP contribution in [-0.4, -0.2) is 34.4 Å². The monoisotopic (exact) mass is 352 g/mol. The third-order valence-electron chi connectivity index (χ3n) is 4.12. The quantitative estimate of drug-likeness (QED) is 0.266. The van der Waals surface area contributed by atoms with Gasteiger partial charge in [0.2, 0.25) is 0 Å². The highest BCUT2D eigenvalue weighted by molar-refractivity contribution is 5.82. The van der Waals surface area contributed by atoms with E-state index in [2.05, 4.69) is 6.92 Å². The van der Waals surface area contributed by atoms with Gasteiger partial charge in [-0.25, -0.2) is 0 Å². The lowest BCUT2D eigenvalue weighted by Crippen LogP contribution is -2.21. The molecular formula is C20H32O5. The number of aliphatic hydroxyl groups is 1. The summed E-state index contributed by atoms with van der Waals surface area (Å²) in [6, 6.07) is 0. The van der Waals surface area contributed by atoms with Crippen LogP contribution >= 0.6 is 0 Å². The zero-order valence-electron chi connectivity index (χ0n) is 15.4. The van der Waals surface area contributed by atoms with Gasteiger partial charge in [0.05, 0.1) is 6.10 Å². The van der Waals surface area contributed by atoms with Crippen molar-refractivity contribution in [3.63, 3.8) is 0 Å². The Morgan fingerprint density at radius 1 is 1.08 bits per heavy atom. The number of aldehydes is 1. The van der Waals surface area contributed by atoms with E-state index in [4.69, 9.17) is 5.11 Å². The van der Waals surface area contributed by atoms with Gasteiger partial charge in [-0.2, -0.15) is 0 Å². The van der Waals surface area contributed by atoms with Crippen LogP contribution in [-0.2, 0) is 14.4 Å². The van der Waals surface area contributed by atoms with Gasteiger partial charge in [0.1, 0.15) is 12.1 Å². The summed E-state index contributed by atoms with van der Waals surface area (Å²) in [7, 11) is 0. The minimum atomic E-state index is -0.821. The number of carbonyl (C=O) groups is 3. The van der Waals surface area contributed by atoms with Crippen LogP contribution in [0.1, 0.15) is 65.2 Å². The summed E-state index contributed by atoms with van der Waals surface area (Å²) < 4.78 is 0. The van der Waals surface area contributed by atoms with Crippen molar-refractivity contribution in [3.8, 4) is 0 Å². The summed E-state index contributed by atoms with van der Waals surface area (Å²) in [5, 5.41) is 18.5. The highest BCUT2D eigenvalue weighted by Crippen LogP contribution is 2.19. The Bertz CT molecular complexity index is 453. The number of hydrogen-bond donors (Lipinski definition) is 2. The van der Waals surface area contributed by atoms with Gasteiger partial charge in [0.15, 0.2) is 0 Å². The molecule has 0 fully saturated rings. The highest BCUT2D eigenvalue weighted by atomic mass is 16.4. The second-order valence-corrected chi connectivity index (χ2v) is 6.37. The minimum absolute atomic E-state index is 0.0718. The summed E-state index contributed by atoms with van der Waals surface area (Å²) in [6.45, 7) is 3.56. The summed E-state index contributed by atoms with van der Waals surface area (Å²) >= 11 is 0. The standard InChI is InChI=1S/C20H32O5/c1-3-4-7-10-18(23)14-13-17(15-21)19(16(2)22)11-8-5-6-9-12-20(24)25/h5,8,13-15,17-19,23H,3-4,6-7,9-12H2,1-2H3,(H,24,25)/b8-5-,14-13?/t17-,18-,19-/m0/s1. The molecule has 0 amide bonds. The van der Waals surface area contributed by atoms with Crippen molar-refractivity contribution in [2.24, 2.45) is 11.8 Å². The first-order valence-electron chi connectivity index (χ1n) is 9.11. The van der Waals surface area contributed by atoms with Crippen LogP contribution < -0.4 is 0 Å². The number of allylic oxidation sites excluding steroid dienone is 3. The van der Waals surface area contributed by atoms with E-state index in [-0.39, 0.29) is 12.2 Å². The van der Waals surface area contributed by atoms with Crippen LogP contribution in [0.15, 0.2) is 24.3 Å². The zero-order valence-corrected chi connectivity index (χ0v) is 15.4. The van der Waals surface area contributed by atoms with Gasteiger partial charge in [-0.1, -0.05) is 50.5 Å². The second-order valence-electron chi connectivity index (χ2n) is 6.37. The molecule has 25 heavy (non-hydrogen) atoms. The maximum Gasteiger partial charge on any atom is 0.303 e. The van der Waals surface area contributed by atoms with Crippen LogP contribution in [0, 0.1) is 11.8 Å². The van der Waals surface area contributed by atoms with Crippen LogP contribution in [0.3, 0.4) is 0 Å². The predicted octanol–water partition coefficient (Wildman–Crippen LogP) is 3.71. The maximum absolute atomic E-state index is 11.8. The lowest BCUT2D eigenvalue weighted by Gasteiger charge is -2.16. The van der Waals surface area contributed by atoms with Crippen molar-refractivity contribution in [2.45, 2.75) is 71.3 Å². The van der Waals surface area contributed by atoms with E-state index in [1.165, 1.54) is 6.92 Å². The Morgan fingerprint density at radius 3 is 2.36 bits per heavy atom. The van der Waals surface area contributed by atoms with Crippen molar-refractivity contribution in [3.05, 3.63) is 24.3 Å². The normalized spacial score (nSPS) is 15.3. The van der Waals surface area contributed by atoms with Crippen LogP contribution in [0.4, 0.5) is 0 Å². The zero-order chi connectivity index (χ0) is 19.1. The first-order chi connectivity index (χ1) is 11.9. The number of ketones is 1. The number of carbonyl (C=O) groups excluding carboxylic acids is 2. The molecule has 3 atom stereocenters. The fraction of sp³-hybridized carbons (Fsp3) is 0.650. The lowest BCUT2D eigenvalue weighted by atomic mass is 9.86. The molecule has 0 aromatic carbocycles. The number of carboxylic acid groups (broad SMARTS) is 1. The SMILES string of the molecule is CCCCC[C@H](O)C=C[C@@H](C=O)[C@@H](C/C=C\CCCC(=O)O)C(C)=O. The number of rotatable bonds is 15. The molecule has 0 saturated heterocycles. The number of hydrogen-bond acceptors (Lipinski definition) is 4. The van der Waals surface area contributed by atoms with E-state index in [0.717, 1.165) is 25.5 Å². The topological polar surface area (TPSA) is 91.7 Å². The molecule has 0 heterocycles. The Labute approximate surface area is 150 Å². The Kier molecular flexibility index (Phi) is 13.6. The fourth-order valence-electron chi connectivity index (χ4n) is 2.56. The van der Waals surface area contributed by atoms with Crippen molar-refractivity contribution in [1.82, 2.24) is 0 Å². The van der Waals surface area contributed by atoms with Gasteiger partial charge >= 0.3 is 5.97 Å². The maximum atomic E-state index is 11.8. The van der Waals surface area contributed by atoms with Crippen molar-refractivity contribution < 1.29 is 24.6 Å². The molecule has 0 bridgehead atoms. The number of aliphatic carboxylic acids is 1. The smallest absolute Gasteiger partial charge is 0.303 e. The molecule has 0 aliphatic heterocycles. The van der Waals surface area contributed by atoms with Crippen LogP contribution in [0.2, 0.25) is 0 Å². The van der Waals surface area contributed by atoms with Crippen molar-refractivity contribution in [1.29, 1.82) is 0 Å². The van der Waals surface area contributed by atoms with Crippen LogP contribution in [0.25, 0.3) is 0 Å². The molecule has 0 aliphatic carbocycles. The molecule has 2 N–H and O–H groups in total. The van der Waals surface area contributed by atoms with Crippen molar-refractivity contribution in [2.75, 3.05) is 0 Å². The summed E-state index contributed by atoms with van der Waals surface area (Å²) in [4.78, 5) is 33.6. The molecule has 0 aliphatic rings. The van der Waals surface area contributed by atoms with E-state index in [1.54, 1.807) is 12.2 Å². The molecule has 0 unspecified atom stereocenters. The van der Waals surface area contributed by atoms with Crippen molar-refractivity contribution >= 4 is 18.0 Å². The predicted molar refractivity (Wildman–Crippen MR) is 98.3 cm³/mol. The van der Waals surface area contributed by atoms with E-state index < -0.39 is 23.9 Å². The van der Waals surface area contributed by atoms with Gasteiger partial charge in [0, 0.05) is 18.3 Å². The van der Waals surface area contributed by atoms with E-state index in [9.17, 15) is 19.5 Å². The van der Waals surface area contributed by atoms with Gasteiger partial charge in [-0.05, 0) is 32.6 Å². The van der Waals surface area contributed by atoms with Gasteiger partial charge in [-0.15, -0.1) is 0 Å².